The van der Waals surface area contributed by atoms with Crippen LogP contribution in [0.25, 0.3) is 11.0 Å². The molecule has 0 saturated carbocycles. The maximum absolute atomic E-state index is 12.6. The van der Waals surface area contributed by atoms with Gasteiger partial charge in [-0.1, -0.05) is 35.9 Å². The van der Waals surface area contributed by atoms with E-state index >= 15 is 0 Å². The fourth-order valence-corrected chi connectivity index (χ4v) is 3.85. The molecule has 1 saturated heterocycles. The first-order valence-corrected chi connectivity index (χ1v) is 10.3. The highest BCUT2D eigenvalue weighted by Gasteiger charge is 2.20. The maximum Gasteiger partial charge on any atom is 0.222 e. The molecule has 1 N–H and O–H groups in total. The highest BCUT2D eigenvalue weighted by molar-refractivity contribution is 6.30. The molecule has 1 fully saturated rings. The lowest BCUT2D eigenvalue weighted by Gasteiger charge is -2.21. The van der Waals surface area contributed by atoms with Crippen molar-refractivity contribution in [3.8, 4) is 0 Å². The summed E-state index contributed by atoms with van der Waals surface area (Å²) in [5.41, 5.74) is 3.26. The van der Waals surface area contributed by atoms with Gasteiger partial charge in [0.2, 0.25) is 11.9 Å². The van der Waals surface area contributed by atoms with Gasteiger partial charge in [0.15, 0.2) is 0 Å². The molecule has 5 nitrogen and oxygen atoms in total. The number of imidazole rings is 1. The Morgan fingerprint density at radius 1 is 1.04 bits per heavy atom. The lowest BCUT2D eigenvalue weighted by molar-refractivity contribution is -0.131. The largest absolute Gasteiger partial charge is 0.341 e. The van der Waals surface area contributed by atoms with Crippen LogP contribution in [0.15, 0.2) is 48.5 Å². The number of aromatic amines is 1. The Morgan fingerprint density at radius 3 is 2.68 bits per heavy atom. The predicted molar refractivity (Wildman–Crippen MR) is 114 cm³/mol. The molecule has 1 amide bonds. The molecule has 2 aromatic carbocycles. The van der Waals surface area contributed by atoms with E-state index in [1.54, 1.807) is 0 Å². The van der Waals surface area contributed by atoms with E-state index in [0.717, 1.165) is 67.4 Å². The van der Waals surface area contributed by atoms with Crippen molar-refractivity contribution in [2.75, 3.05) is 31.1 Å². The second kappa shape index (κ2) is 8.65. The summed E-state index contributed by atoms with van der Waals surface area (Å²) in [5, 5.41) is 0.749. The monoisotopic (exact) mass is 396 g/mol. The van der Waals surface area contributed by atoms with Crippen molar-refractivity contribution >= 4 is 34.5 Å². The number of carbonyl (C=O) groups excluding carboxylic acids is 1. The summed E-state index contributed by atoms with van der Waals surface area (Å²) in [6, 6.07) is 15.9. The van der Waals surface area contributed by atoms with E-state index in [1.165, 1.54) is 5.56 Å². The number of H-pyrrole nitrogens is 1. The van der Waals surface area contributed by atoms with E-state index in [9.17, 15) is 4.79 Å². The summed E-state index contributed by atoms with van der Waals surface area (Å²) >= 11 is 5.92. The van der Waals surface area contributed by atoms with Gasteiger partial charge in [0.25, 0.3) is 0 Å². The molecule has 1 aliphatic heterocycles. The Balaban J connectivity index is 1.29. The normalized spacial score (nSPS) is 15.0. The van der Waals surface area contributed by atoms with E-state index < -0.39 is 0 Å². The molecule has 28 heavy (non-hydrogen) atoms. The Hall–Kier alpha value is -2.53. The number of hydrogen-bond acceptors (Lipinski definition) is 3. The Morgan fingerprint density at radius 2 is 1.86 bits per heavy atom. The van der Waals surface area contributed by atoms with Crippen molar-refractivity contribution in [1.29, 1.82) is 0 Å². The fourth-order valence-electron chi connectivity index (χ4n) is 3.72. The number of amides is 1. The smallest absolute Gasteiger partial charge is 0.222 e. The first-order chi connectivity index (χ1) is 13.7. The quantitative estimate of drug-likeness (QED) is 0.700. The highest BCUT2D eigenvalue weighted by atomic mass is 35.5. The van der Waals surface area contributed by atoms with E-state index in [4.69, 9.17) is 16.6 Å². The van der Waals surface area contributed by atoms with Gasteiger partial charge in [0.1, 0.15) is 0 Å². The maximum atomic E-state index is 12.6. The molecule has 0 aliphatic carbocycles. The number of rotatable bonds is 5. The number of anilines is 1. The molecule has 0 atom stereocenters. The number of aryl methyl sites for hydroxylation is 1. The van der Waals surface area contributed by atoms with Crippen molar-refractivity contribution in [3.63, 3.8) is 0 Å². The molecule has 0 spiro atoms. The van der Waals surface area contributed by atoms with Gasteiger partial charge in [-0.05, 0) is 49.1 Å². The van der Waals surface area contributed by atoms with E-state index in [-0.39, 0.29) is 5.91 Å². The Kier molecular flexibility index (Phi) is 5.81. The minimum absolute atomic E-state index is 0.250. The zero-order valence-corrected chi connectivity index (χ0v) is 16.7. The summed E-state index contributed by atoms with van der Waals surface area (Å²) in [4.78, 5) is 25.0. The van der Waals surface area contributed by atoms with Crippen molar-refractivity contribution in [2.24, 2.45) is 0 Å². The molecule has 4 rings (SSSR count). The van der Waals surface area contributed by atoms with Gasteiger partial charge in [-0.2, -0.15) is 0 Å². The minimum atomic E-state index is 0.250. The number of fused-ring (bicyclic) bond motifs is 1. The van der Waals surface area contributed by atoms with E-state index in [0.29, 0.717) is 6.42 Å². The lowest BCUT2D eigenvalue weighted by Crippen LogP contribution is -2.35. The van der Waals surface area contributed by atoms with Crippen LogP contribution in [-0.2, 0) is 11.2 Å². The van der Waals surface area contributed by atoms with Gasteiger partial charge in [-0.25, -0.2) is 4.98 Å². The summed E-state index contributed by atoms with van der Waals surface area (Å²) in [6.45, 7) is 3.28. The number of halogens is 1. The topological polar surface area (TPSA) is 52.2 Å². The van der Waals surface area contributed by atoms with Crippen LogP contribution in [-0.4, -0.2) is 47.0 Å². The number of nitrogens with zero attached hydrogens (tertiary/aromatic N) is 3. The molecule has 1 aromatic heterocycles. The molecular formula is C22H25ClN4O. The zero-order chi connectivity index (χ0) is 19.3. The molecule has 2 heterocycles. The molecule has 3 aromatic rings. The fraction of sp³-hybridized carbons (Fsp3) is 0.364. The summed E-state index contributed by atoms with van der Waals surface area (Å²) in [6.07, 6.45) is 3.32. The summed E-state index contributed by atoms with van der Waals surface area (Å²) < 4.78 is 0. The number of para-hydroxylation sites is 2. The minimum Gasteiger partial charge on any atom is -0.341 e. The third-order valence-corrected chi connectivity index (χ3v) is 5.55. The summed E-state index contributed by atoms with van der Waals surface area (Å²) in [7, 11) is 0. The van der Waals surface area contributed by atoms with Gasteiger partial charge in [-0.15, -0.1) is 0 Å². The van der Waals surface area contributed by atoms with Crippen molar-refractivity contribution in [1.82, 2.24) is 14.9 Å². The van der Waals surface area contributed by atoms with Gasteiger partial charge in [0.05, 0.1) is 11.0 Å². The lowest BCUT2D eigenvalue weighted by atomic mass is 10.1. The number of aromatic nitrogens is 2. The number of nitrogens with one attached hydrogen (secondary N) is 1. The molecule has 146 valence electrons. The first-order valence-electron chi connectivity index (χ1n) is 9.91. The van der Waals surface area contributed by atoms with Crippen molar-refractivity contribution < 1.29 is 4.79 Å². The molecule has 0 radical (unpaired) electrons. The van der Waals surface area contributed by atoms with Gasteiger partial charge in [0, 0.05) is 37.6 Å². The van der Waals surface area contributed by atoms with E-state index in [2.05, 4.69) is 9.88 Å². The number of carbonyl (C=O) groups is 1. The molecule has 6 heteroatoms. The van der Waals surface area contributed by atoms with Crippen molar-refractivity contribution in [3.05, 3.63) is 59.1 Å². The third kappa shape index (κ3) is 4.47. The van der Waals surface area contributed by atoms with E-state index in [1.807, 2.05) is 53.4 Å². The second-order valence-corrected chi connectivity index (χ2v) is 7.72. The van der Waals surface area contributed by atoms with Crippen LogP contribution in [0.1, 0.15) is 24.8 Å². The van der Waals surface area contributed by atoms with Crippen LogP contribution in [0, 0.1) is 0 Å². The predicted octanol–water partition coefficient (Wildman–Crippen LogP) is 4.28. The SMILES string of the molecule is O=C(CCCc1ccc(Cl)cc1)N1CCCN(c2nc3ccccc3[nH]2)CC1. The molecular weight excluding hydrogens is 372 g/mol. The Bertz CT molecular complexity index is 904. The van der Waals surface area contributed by atoms with Crippen LogP contribution >= 0.6 is 11.6 Å². The third-order valence-electron chi connectivity index (χ3n) is 5.29. The second-order valence-electron chi connectivity index (χ2n) is 7.28. The van der Waals surface area contributed by atoms with Gasteiger partial charge < -0.3 is 14.8 Å². The Labute approximate surface area is 170 Å². The molecule has 0 bridgehead atoms. The van der Waals surface area contributed by atoms with Gasteiger partial charge >= 0.3 is 0 Å². The molecule has 1 aliphatic rings. The van der Waals surface area contributed by atoms with Crippen LogP contribution in [0.5, 0.6) is 0 Å². The van der Waals surface area contributed by atoms with Crippen LogP contribution in [0.3, 0.4) is 0 Å². The van der Waals surface area contributed by atoms with Crippen LogP contribution in [0.2, 0.25) is 5.02 Å². The zero-order valence-electron chi connectivity index (χ0n) is 15.9. The number of benzene rings is 2. The average molecular weight is 397 g/mol. The van der Waals surface area contributed by atoms with Gasteiger partial charge in [-0.3, -0.25) is 4.79 Å². The van der Waals surface area contributed by atoms with Crippen LogP contribution < -0.4 is 4.90 Å². The standard InChI is InChI=1S/C22H25ClN4O/c23-18-11-9-17(10-12-18)5-3-8-21(28)26-13-4-14-27(16-15-26)22-24-19-6-1-2-7-20(19)25-22/h1-2,6-7,9-12H,3-5,8,13-16H2,(H,24,25). The average Bonchev–Trinajstić information content (AvgIpc) is 2.98. The molecule has 0 unspecified atom stereocenters. The summed E-state index contributed by atoms with van der Waals surface area (Å²) in [5.74, 6) is 1.15. The highest BCUT2D eigenvalue weighted by Crippen LogP contribution is 2.19. The van der Waals surface area contributed by atoms with Crippen molar-refractivity contribution in [2.45, 2.75) is 25.7 Å². The number of hydrogen-bond donors (Lipinski definition) is 1. The van der Waals surface area contributed by atoms with Crippen LogP contribution in [0.4, 0.5) is 5.95 Å². The first kappa shape index (κ1) is 18.8.